The number of methoxy groups -OCH3 is 1. The molecule has 3 aromatic carbocycles. The minimum Gasteiger partial charge on any atom is -0.497 e. The van der Waals surface area contributed by atoms with Gasteiger partial charge in [0.2, 0.25) is 0 Å². The lowest BCUT2D eigenvalue weighted by Crippen LogP contribution is -2.19. The van der Waals surface area contributed by atoms with Crippen molar-refractivity contribution in [2.75, 3.05) is 12.4 Å². The molecule has 1 saturated heterocycles. The van der Waals surface area contributed by atoms with Crippen LogP contribution in [0.3, 0.4) is 0 Å². The smallest absolute Gasteiger partial charge is 0.264 e. The Bertz CT molecular complexity index is 1280. The maximum absolute atomic E-state index is 12.5. The molecule has 0 saturated carbocycles. The Morgan fingerprint density at radius 2 is 1.85 bits per heavy atom. The van der Waals surface area contributed by atoms with Gasteiger partial charge in [-0.3, -0.25) is 9.59 Å². The Kier molecular flexibility index (Phi) is 6.60. The fourth-order valence-corrected chi connectivity index (χ4v) is 4.07. The van der Waals surface area contributed by atoms with E-state index in [1.54, 1.807) is 43.5 Å². The predicted octanol–water partition coefficient (Wildman–Crippen LogP) is 5.46. The van der Waals surface area contributed by atoms with Gasteiger partial charge in [-0.25, -0.2) is 4.99 Å². The second-order valence-corrected chi connectivity index (χ2v) is 8.61. The first-order valence-electron chi connectivity index (χ1n) is 10.3. The number of rotatable bonds is 5. The predicted molar refractivity (Wildman–Crippen MR) is 134 cm³/mol. The van der Waals surface area contributed by atoms with Crippen molar-refractivity contribution in [3.63, 3.8) is 0 Å². The molecule has 6 nitrogen and oxygen atoms in total. The van der Waals surface area contributed by atoms with Gasteiger partial charge in [0.15, 0.2) is 5.17 Å². The van der Waals surface area contributed by atoms with Gasteiger partial charge in [0.1, 0.15) is 5.75 Å². The molecule has 1 heterocycles. The summed E-state index contributed by atoms with van der Waals surface area (Å²) in [5, 5.41) is 6.25. The molecule has 0 aromatic heterocycles. The number of nitrogens with zero attached hydrogens (tertiary/aromatic N) is 1. The molecule has 7 heteroatoms. The van der Waals surface area contributed by atoms with Crippen LogP contribution >= 0.6 is 11.8 Å². The van der Waals surface area contributed by atoms with Crippen LogP contribution in [0.2, 0.25) is 0 Å². The number of aliphatic imine (C=N–C) groups is 1. The second kappa shape index (κ2) is 9.75. The maximum atomic E-state index is 12.5. The SMILES string of the molecule is COc1ccc(C(=O)Nc2cccc(/C=C3\SC(=Nc4cc(C)ccc4C)NC3=O)c2)cc1. The molecule has 0 aliphatic carbocycles. The number of carbonyl (C=O) groups excluding carboxylic acids is 2. The van der Waals surface area contributed by atoms with Crippen molar-refractivity contribution >= 4 is 46.2 Å². The third kappa shape index (κ3) is 5.51. The first kappa shape index (κ1) is 22.4. The van der Waals surface area contributed by atoms with Crippen molar-refractivity contribution in [3.05, 3.63) is 93.9 Å². The summed E-state index contributed by atoms with van der Waals surface area (Å²) in [5.41, 5.74) is 4.95. The molecule has 1 aliphatic heterocycles. The first-order valence-corrected chi connectivity index (χ1v) is 11.2. The van der Waals surface area contributed by atoms with E-state index >= 15 is 0 Å². The van der Waals surface area contributed by atoms with E-state index in [0.717, 1.165) is 22.4 Å². The highest BCUT2D eigenvalue weighted by Gasteiger charge is 2.24. The minimum absolute atomic E-state index is 0.197. The Morgan fingerprint density at radius 1 is 1.06 bits per heavy atom. The molecule has 0 radical (unpaired) electrons. The summed E-state index contributed by atoms with van der Waals surface area (Å²) in [6, 6.07) is 20.3. The summed E-state index contributed by atoms with van der Waals surface area (Å²) in [6.45, 7) is 4.00. The summed E-state index contributed by atoms with van der Waals surface area (Å²) >= 11 is 1.29. The number of carbonyl (C=O) groups is 2. The highest BCUT2D eigenvalue weighted by Crippen LogP contribution is 2.30. The van der Waals surface area contributed by atoms with Crippen molar-refractivity contribution in [1.82, 2.24) is 5.32 Å². The van der Waals surface area contributed by atoms with Crippen molar-refractivity contribution < 1.29 is 14.3 Å². The first-order chi connectivity index (χ1) is 15.9. The number of nitrogens with one attached hydrogen (secondary N) is 2. The molecule has 0 spiro atoms. The van der Waals surface area contributed by atoms with E-state index in [1.165, 1.54) is 11.8 Å². The topological polar surface area (TPSA) is 79.8 Å². The number of amidine groups is 1. The summed E-state index contributed by atoms with van der Waals surface area (Å²) in [4.78, 5) is 30.2. The van der Waals surface area contributed by atoms with Crippen LogP contribution < -0.4 is 15.4 Å². The van der Waals surface area contributed by atoms with Gasteiger partial charge in [-0.1, -0.05) is 24.3 Å². The van der Waals surface area contributed by atoms with Gasteiger partial charge in [0, 0.05) is 11.3 Å². The fourth-order valence-electron chi connectivity index (χ4n) is 3.23. The summed E-state index contributed by atoms with van der Waals surface area (Å²) in [6.07, 6.45) is 1.79. The maximum Gasteiger partial charge on any atom is 0.264 e. The molecule has 1 fully saturated rings. The fraction of sp³-hybridized carbons (Fsp3) is 0.115. The van der Waals surface area contributed by atoms with Gasteiger partial charge >= 0.3 is 0 Å². The van der Waals surface area contributed by atoms with Crippen LogP contribution in [-0.4, -0.2) is 24.1 Å². The molecular formula is C26H23N3O3S. The third-order valence-corrected chi connectivity index (χ3v) is 5.94. The number of hydrogen-bond acceptors (Lipinski definition) is 5. The van der Waals surface area contributed by atoms with E-state index in [9.17, 15) is 9.59 Å². The minimum atomic E-state index is -0.224. The molecule has 3 aromatic rings. The monoisotopic (exact) mass is 457 g/mol. The Morgan fingerprint density at radius 3 is 2.61 bits per heavy atom. The molecule has 1 aliphatic rings. The molecule has 166 valence electrons. The molecule has 2 amide bonds. The van der Waals surface area contributed by atoms with Crippen LogP contribution in [0.15, 0.2) is 76.6 Å². The Balaban J connectivity index is 1.49. The quantitative estimate of drug-likeness (QED) is 0.499. The molecule has 0 unspecified atom stereocenters. The van der Waals surface area contributed by atoms with E-state index in [4.69, 9.17) is 4.74 Å². The number of aryl methyl sites for hydroxylation is 2. The zero-order valence-corrected chi connectivity index (χ0v) is 19.3. The summed E-state index contributed by atoms with van der Waals surface area (Å²) in [5.74, 6) is 0.267. The van der Waals surface area contributed by atoms with E-state index in [1.807, 2.05) is 50.2 Å². The van der Waals surface area contributed by atoms with Gasteiger partial charge in [0.25, 0.3) is 11.8 Å². The summed E-state index contributed by atoms with van der Waals surface area (Å²) < 4.78 is 5.13. The van der Waals surface area contributed by atoms with Gasteiger partial charge < -0.3 is 15.4 Å². The lowest BCUT2D eigenvalue weighted by Gasteiger charge is -2.07. The molecule has 0 atom stereocenters. The van der Waals surface area contributed by atoms with Gasteiger partial charge in [0.05, 0.1) is 17.7 Å². The number of amides is 2. The van der Waals surface area contributed by atoms with E-state index in [-0.39, 0.29) is 11.8 Å². The largest absolute Gasteiger partial charge is 0.497 e. The number of ether oxygens (including phenoxy) is 1. The normalized spacial score (nSPS) is 15.5. The second-order valence-electron chi connectivity index (χ2n) is 7.58. The number of anilines is 1. The van der Waals surface area contributed by atoms with Crippen LogP contribution in [0.4, 0.5) is 11.4 Å². The highest BCUT2D eigenvalue weighted by molar-refractivity contribution is 8.18. The molecule has 0 bridgehead atoms. The van der Waals surface area contributed by atoms with E-state index in [0.29, 0.717) is 27.1 Å². The van der Waals surface area contributed by atoms with Crippen LogP contribution in [0.1, 0.15) is 27.0 Å². The van der Waals surface area contributed by atoms with Crippen molar-refractivity contribution in [2.45, 2.75) is 13.8 Å². The number of thioether (sulfide) groups is 1. The van der Waals surface area contributed by atoms with Crippen LogP contribution in [0.5, 0.6) is 5.75 Å². The Hall–Kier alpha value is -3.84. The van der Waals surface area contributed by atoms with E-state index in [2.05, 4.69) is 15.6 Å². The average molecular weight is 458 g/mol. The van der Waals surface area contributed by atoms with Gasteiger partial charge in [-0.15, -0.1) is 0 Å². The molecule has 4 rings (SSSR count). The standard InChI is InChI=1S/C26H23N3O3S/c1-16-7-8-17(2)22(13-16)28-26-29-25(31)23(33-26)15-18-5-4-6-20(14-18)27-24(30)19-9-11-21(32-3)12-10-19/h4-15H,1-3H3,(H,27,30)(H,28,29,31)/b23-15-. The van der Waals surface area contributed by atoms with E-state index < -0.39 is 0 Å². The molecular weight excluding hydrogens is 434 g/mol. The third-order valence-electron chi connectivity index (χ3n) is 5.03. The van der Waals surface area contributed by atoms with Crippen LogP contribution in [-0.2, 0) is 4.79 Å². The average Bonchev–Trinajstić information content (AvgIpc) is 3.15. The Labute approximate surface area is 196 Å². The lowest BCUT2D eigenvalue weighted by atomic mass is 10.1. The van der Waals surface area contributed by atoms with Crippen molar-refractivity contribution in [2.24, 2.45) is 4.99 Å². The zero-order valence-electron chi connectivity index (χ0n) is 18.5. The zero-order chi connectivity index (χ0) is 23.4. The lowest BCUT2D eigenvalue weighted by molar-refractivity contribution is -0.115. The van der Waals surface area contributed by atoms with Gasteiger partial charge in [-0.2, -0.15) is 0 Å². The number of benzene rings is 3. The van der Waals surface area contributed by atoms with Crippen molar-refractivity contribution in [3.8, 4) is 5.75 Å². The molecule has 33 heavy (non-hydrogen) atoms. The molecule has 2 N–H and O–H groups in total. The van der Waals surface area contributed by atoms with Gasteiger partial charge in [-0.05, 0) is 90.8 Å². The highest BCUT2D eigenvalue weighted by atomic mass is 32.2. The summed E-state index contributed by atoms with van der Waals surface area (Å²) in [7, 11) is 1.58. The number of hydrogen-bond donors (Lipinski definition) is 2. The van der Waals surface area contributed by atoms with Crippen LogP contribution in [0, 0.1) is 13.8 Å². The van der Waals surface area contributed by atoms with Crippen molar-refractivity contribution in [1.29, 1.82) is 0 Å². The van der Waals surface area contributed by atoms with Crippen LogP contribution in [0.25, 0.3) is 6.08 Å².